The maximum Gasteiger partial charge on any atom is 0.397 e. The molecule has 2 fully saturated rings. The molecule has 13 heteroatoms. The number of alkyl halides is 3. The van der Waals surface area contributed by atoms with Crippen molar-refractivity contribution < 1.29 is 18.0 Å². The van der Waals surface area contributed by atoms with Crippen LogP contribution in [0.3, 0.4) is 0 Å². The number of nitrogens with zero attached hydrogens (tertiary/aromatic N) is 7. The molecule has 41 heavy (non-hydrogen) atoms. The van der Waals surface area contributed by atoms with Crippen LogP contribution < -0.4 is 10.2 Å². The summed E-state index contributed by atoms with van der Waals surface area (Å²) in [6, 6.07) is 8.73. The van der Waals surface area contributed by atoms with Crippen molar-refractivity contribution in [2.24, 2.45) is 13.0 Å². The number of nitriles is 1. The fourth-order valence-electron chi connectivity index (χ4n) is 6.40. The van der Waals surface area contributed by atoms with E-state index in [4.69, 9.17) is 0 Å². The Hall–Kier alpha value is -4.31. The molecular formula is C28H30F3N9O. The normalized spacial score (nSPS) is 19.2. The number of carbonyl (C=O) groups is 1. The second kappa shape index (κ2) is 10.3. The summed E-state index contributed by atoms with van der Waals surface area (Å²) in [5, 5.41) is 17.4. The van der Waals surface area contributed by atoms with Gasteiger partial charge in [0.05, 0.1) is 24.8 Å². The van der Waals surface area contributed by atoms with Crippen molar-refractivity contribution in [2.45, 2.75) is 45.1 Å². The van der Waals surface area contributed by atoms with E-state index in [1.807, 2.05) is 16.8 Å². The van der Waals surface area contributed by atoms with E-state index in [9.17, 15) is 23.2 Å². The third kappa shape index (κ3) is 5.15. The van der Waals surface area contributed by atoms with E-state index in [0.29, 0.717) is 36.2 Å². The molecule has 0 spiro atoms. The fraction of sp³-hybridized carbons (Fsp3) is 0.429. The summed E-state index contributed by atoms with van der Waals surface area (Å²) in [5.41, 5.74) is 5.06. The molecule has 0 bridgehead atoms. The van der Waals surface area contributed by atoms with Gasteiger partial charge in [-0.2, -0.15) is 23.5 Å². The lowest BCUT2D eigenvalue weighted by molar-refractivity contribution is -0.150. The number of rotatable bonds is 7. The molecule has 2 atom stereocenters. The van der Waals surface area contributed by atoms with E-state index in [1.54, 1.807) is 18.1 Å². The summed E-state index contributed by atoms with van der Waals surface area (Å²) < 4.78 is 41.7. The molecule has 5 heterocycles. The Kier molecular flexibility index (Phi) is 6.73. The van der Waals surface area contributed by atoms with E-state index in [0.717, 1.165) is 48.2 Å². The number of imidazole rings is 1. The minimum atomic E-state index is -4.57. The summed E-state index contributed by atoms with van der Waals surface area (Å²) in [4.78, 5) is 23.8. The third-order valence-corrected chi connectivity index (χ3v) is 8.33. The summed E-state index contributed by atoms with van der Waals surface area (Å²) in [6.07, 6.45) is -0.239. The van der Waals surface area contributed by atoms with E-state index in [-0.39, 0.29) is 6.04 Å². The number of benzene rings is 1. The van der Waals surface area contributed by atoms with Gasteiger partial charge in [0.25, 0.3) is 0 Å². The van der Waals surface area contributed by atoms with Crippen LogP contribution in [0.2, 0.25) is 0 Å². The van der Waals surface area contributed by atoms with Gasteiger partial charge in [0.2, 0.25) is 5.91 Å². The van der Waals surface area contributed by atoms with Gasteiger partial charge in [-0.25, -0.2) is 4.98 Å². The molecular weight excluding hydrogens is 535 g/mol. The first kappa shape index (κ1) is 26.9. The van der Waals surface area contributed by atoms with Gasteiger partial charge in [-0.3, -0.25) is 14.4 Å². The van der Waals surface area contributed by atoms with Gasteiger partial charge < -0.3 is 19.8 Å². The van der Waals surface area contributed by atoms with Gasteiger partial charge in [0, 0.05) is 49.8 Å². The predicted octanol–water partition coefficient (Wildman–Crippen LogP) is 3.93. The molecule has 1 aromatic carbocycles. The topological polar surface area (TPSA) is 111 Å². The van der Waals surface area contributed by atoms with Gasteiger partial charge >= 0.3 is 6.18 Å². The van der Waals surface area contributed by atoms with E-state index in [2.05, 4.69) is 55.3 Å². The van der Waals surface area contributed by atoms with Crippen LogP contribution in [0.5, 0.6) is 0 Å². The van der Waals surface area contributed by atoms with Crippen molar-refractivity contribution in [3.05, 3.63) is 59.4 Å². The fourth-order valence-corrected chi connectivity index (χ4v) is 6.40. The smallest absolute Gasteiger partial charge is 0.353 e. The summed E-state index contributed by atoms with van der Waals surface area (Å²) >= 11 is 0. The number of carbonyl (C=O) groups excluding carboxylic acids is 1. The molecule has 6 rings (SSSR count). The highest BCUT2D eigenvalue weighted by atomic mass is 19.4. The molecule has 0 radical (unpaired) electrons. The minimum Gasteiger partial charge on any atom is -0.353 e. The number of anilines is 2. The molecule has 214 valence electrons. The Labute approximate surface area is 234 Å². The molecule has 3 aromatic heterocycles. The number of aromatic nitrogens is 5. The number of fused-ring (bicyclic) bond motifs is 2. The van der Waals surface area contributed by atoms with Gasteiger partial charge in [-0.05, 0) is 49.1 Å². The average molecular weight is 566 g/mol. The van der Waals surface area contributed by atoms with Crippen LogP contribution in [-0.2, 0) is 24.9 Å². The quantitative estimate of drug-likeness (QED) is 0.352. The van der Waals surface area contributed by atoms with Gasteiger partial charge in [-0.1, -0.05) is 6.07 Å². The minimum absolute atomic E-state index is 0.262. The standard InChI is InChI=1S/C28H30F3N9O/c1-17-18(3-4-24-22(17)7-21(9-32)40(24)14-20-10-33-16-34-20)12-38-6-5-19-13-39(15-25(19)38)27-23(11-35-37(27)2)36-26(41)8-28(29,30)31/h3-4,7,10-11,16,19,25H,5-6,8,12-15H2,1-2H3,(H,33,34)(H,36,41). The number of likely N-dealkylation sites (tertiary alicyclic amines) is 1. The zero-order valence-corrected chi connectivity index (χ0v) is 22.7. The van der Waals surface area contributed by atoms with Gasteiger partial charge in [-0.15, -0.1) is 0 Å². The lowest BCUT2D eigenvalue weighted by Crippen LogP contribution is -2.35. The van der Waals surface area contributed by atoms with Crippen LogP contribution in [0, 0.1) is 24.2 Å². The summed E-state index contributed by atoms with van der Waals surface area (Å²) in [5.74, 6) is -0.0843. The summed E-state index contributed by atoms with van der Waals surface area (Å²) in [6.45, 7) is 5.73. The lowest BCUT2D eigenvalue weighted by atomic mass is 10.0. The zero-order valence-electron chi connectivity index (χ0n) is 22.7. The number of halogens is 3. The maximum atomic E-state index is 12.7. The van der Waals surface area contributed by atoms with Crippen molar-refractivity contribution in [2.75, 3.05) is 29.9 Å². The monoisotopic (exact) mass is 565 g/mol. The van der Waals surface area contributed by atoms with E-state index in [1.165, 1.54) is 11.8 Å². The highest BCUT2D eigenvalue weighted by Crippen LogP contribution is 2.38. The number of nitrogens with one attached hydrogen (secondary N) is 2. The highest BCUT2D eigenvalue weighted by Gasteiger charge is 2.43. The van der Waals surface area contributed by atoms with Crippen molar-refractivity contribution >= 4 is 28.3 Å². The molecule has 1 amide bonds. The third-order valence-electron chi connectivity index (χ3n) is 8.33. The van der Waals surface area contributed by atoms with Crippen molar-refractivity contribution in [3.8, 4) is 6.07 Å². The zero-order chi connectivity index (χ0) is 28.9. The molecule has 2 saturated heterocycles. The molecule has 10 nitrogen and oxygen atoms in total. The van der Waals surface area contributed by atoms with Crippen LogP contribution in [-0.4, -0.2) is 67.0 Å². The molecule has 2 aliphatic rings. The van der Waals surface area contributed by atoms with Crippen LogP contribution in [0.4, 0.5) is 24.7 Å². The number of aryl methyl sites for hydroxylation is 2. The van der Waals surface area contributed by atoms with Gasteiger partial charge in [0.1, 0.15) is 23.9 Å². The average Bonchev–Trinajstić information content (AvgIpc) is 3.72. The van der Waals surface area contributed by atoms with Crippen molar-refractivity contribution in [3.63, 3.8) is 0 Å². The largest absolute Gasteiger partial charge is 0.397 e. The van der Waals surface area contributed by atoms with Crippen LogP contribution in [0.25, 0.3) is 10.9 Å². The first-order chi connectivity index (χ1) is 19.6. The molecule has 2 N–H and O–H groups in total. The Bertz CT molecular complexity index is 1630. The van der Waals surface area contributed by atoms with E-state index >= 15 is 0 Å². The molecule has 2 aliphatic heterocycles. The lowest BCUT2D eigenvalue weighted by Gasteiger charge is -2.27. The molecule has 4 aromatic rings. The number of hydrogen-bond acceptors (Lipinski definition) is 6. The Morgan fingerprint density at radius 3 is 2.83 bits per heavy atom. The van der Waals surface area contributed by atoms with Crippen LogP contribution in [0.1, 0.15) is 35.4 Å². The second-order valence-electron chi connectivity index (χ2n) is 10.9. The Morgan fingerprint density at radius 2 is 2.10 bits per heavy atom. The van der Waals surface area contributed by atoms with Gasteiger partial charge in [0.15, 0.2) is 5.82 Å². The summed E-state index contributed by atoms with van der Waals surface area (Å²) in [7, 11) is 1.73. The number of amides is 1. The molecule has 2 unspecified atom stereocenters. The first-order valence-corrected chi connectivity index (χ1v) is 13.5. The Balaban J connectivity index is 1.19. The molecule has 0 aliphatic carbocycles. The second-order valence-corrected chi connectivity index (χ2v) is 10.9. The SMILES string of the molecule is Cc1c(CN2CCC3CN(c4c(NC(=O)CC(F)(F)F)cnn4C)CC32)ccc2c1cc(C#N)n2Cc1c[nH]cn1. The number of H-pyrrole nitrogens is 1. The first-order valence-electron chi connectivity index (χ1n) is 13.5. The van der Waals surface area contributed by atoms with Crippen molar-refractivity contribution in [1.82, 2.24) is 29.2 Å². The molecule has 0 saturated carbocycles. The maximum absolute atomic E-state index is 12.7. The van der Waals surface area contributed by atoms with Crippen LogP contribution in [0.15, 0.2) is 36.9 Å². The van der Waals surface area contributed by atoms with Crippen molar-refractivity contribution in [1.29, 1.82) is 5.26 Å². The highest BCUT2D eigenvalue weighted by molar-refractivity contribution is 5.94. The van der Waals surface area contributed by atoms with E-state index < -0.39 is 18.5 Å². The predicted molar refractivity (Wildman–Crippen MR) is 146 cm³/mol. The number of aromatic amines is 1. The number of hydrogen-bond donors (Lipinski definition) is 2. The van der Waals surface area contributed by atoms with Crippen LogP contribution >= 0.6 is 0 Å². The Morgan fingerprint density at radius 1 is 1.27 bits per heavy atom.